The molecule has 0 saturated carbocycles. The summed E-state index contributed by atoms with van der Waals surface area (Å²) in [5, 5.41) is 14.7. The van der Waals surface area contributed by atoms with Gasteiger partial charge in [0.2, 0.25) is 0 Å². The summed E-state index contributed by atoms with van der Waals surface area (Å²) in [5.41, 5.74) is 1.32. The van der Waals surface area contributed by atoms with Crippen LogP contribution >= 0.6 is 0 Å². The fourth-order valence-corrected chi connectivity index (χ4v) is 4.74. The molecule has 4 aromatic rings. The number of carbonyl (C=O) groups is 1. The molecule has 0 aliphatic carbocycles. The normalized spacial score (nSPS) is 15.3. The molecule has 2 aromatic heterocycles. The third kappa shape index (κ3) is 4.89. The monoisotopic (exact) mass is 457 g/mol. The fraction of sp³-hybridized carbons (Fsp3) is 0.370. The van der Waals surface area contributed by atoms with Crippen molar-refractivity contribution in [1.82, 2.24) is 25.0 Å². The summed E-state index contributed by atoms with van der Waals surface area (Å²) in [4.78, 5) is 15.2. The minimum absolute atomic E-state index is 0.217. The molecule has 5 rings (SSSR count). The van der Waals surface area contributed by atoms with Gasteiger partial charge in [0, 0.05) is 32.6 Å². The minimum Gasteiger partial charge on any atom is -0.459 e. The zero-order chi connectivity index (χ0) is 23.5. The van der Waals surface area contributed by atoms with Gasteiger partial charge in [0.15, 0.2) is 11.6 Å². The van der Waals surface area contributed by atoms with Gasteiger partial charge in [-0.1, -0.05) is 50.2 Å². The maximum atomic E-state index is 12.7. The van der Waals surface area contributed by atoms with E-state index in [4.69, 9.17) is 4.42 Å². The topological polar surface area (TPSA) is 76.2 Å². The van der Waals surface area contributed by atoms with E-state index in [0.717, 1.165) is 50.7 Å². The standard InChI is InChI=1S/C27H31N5O2/c1-19(2)16-23(28-27(33)24-8-5-15-34-24)26-30-29-25-11-12-31(13-14-32(25)26)18-20-9-10-21-6-3-4-7-22(21)17-20/h3-10,15,17,19,23H,11-14,16,18H2,1-2H3,(H,28,33)/t23-/m0/s1. The fourth-order valence-electron chi connectivity index (χ4n) is 4.74. The first kappa shape index (κ1) is 22.3. The second kappa shape index (κ2) is 9.81. The summed E-state index contributed by atoms with van der Waals surface area (Å²) >= 11 is 0. The highest BCUT2D eigenvalue weighted by Crippen LogP contribution is 2.24. The molecule has 7 heteroatoms. The first-order valence-corrected chi connectivity index (χ1v) is 12.0. The van der Waals surface area contributed by atoms with Crippen LogP contribution in [-0.4, -0.2) is 38.7 Å². The van der Waals surface area contributed by atoms with E-state index in [9.17, 15) is 4.79 Å². The molecule has 2 aromatic carbocycles. The van der Waals surface area contributed by atoms with E-state index in [1.165, 1.54) is 22.6 Å². The lowest BCUT2D eigenvalue weighted by Gasteiger charge is -2.22. The predicted octanol–water partition coefficient (Wildman–Crippen LogP) is 4.60. The highest BCUT2D eigenvalue weighted by Gasteiger charge is 2.27. The third-order valence-corrected chi connectivity index (χ3v) is 6.44. The Morgan fingerprint density at radius 1 is 1.03 bits per heavy atom. The molecular weight excluding hydrogens is 426 g/mol. The van der Waals surface area contributed by atoms with Crippen molar-refractivity contribution >= 4 is 16.7 Å². The summed E-state index contributed by atoms with van der Waals surface area (Å²) < 4.78 is 7.49. The van der Waals surface area contributed by atoms with Crippen molar-refractivity contribution in [2.75, 3.05) is 13.1 Å². The SMILES string of the molecule is CC(C)C[C@H](NC(=O)c1ccco1)c1nnc2n1CCN(Cc1ccc3ccccc3c1)CC2. The molecule has 0 saturated heterocycles. The zero-order valence-corrected chi connectivity index (χ0v) is 19.8. The third-order valence-electron chi connectivity index (χ3n) is 6.44. The maximum Gasteiger partial charge on any atom is 0.287 e. The van der Waals surface area contributed by atoms with Crippen LogP contribution in [-0.2, 0) is 19.5 Å². The molecule has 7 nitrogen and oxygen atoms in total. The summed E-state index contributed by atoms with van der Waals surface area (Å²) in [6.45, 7) is 7.84. The van der Waals surface area contributed by atoms with E-state index in [0.29, 0.717) is 11.7 Å². The number of nitrogens with zero attached hydrogens (tertiary/aromatic N) is 4. The van der Waals surface area contributed by atoms with Gasteiger partial charge in [-0.25, -0.2) is 0 Å². The lowest BCUT2D eigenvalue weighted by molar-refractivity contribution is 0.0900. The van der Waals surface area contributed by atoms with E-state index in [1.54, 1.807) is 12.1 Å². The number of furan rings is 1. The molecule has 1 atom stereocenters. The molecule has 34 heavy (non-hydrogen) atoms. The molecule has 1 aliphatic rings. The Balaban J connectivity index is 1.31. The highest BCUT2D eigenvalue weighted by atomic mass is 16.3. The maximum absolute atomic E-state index is 12.7. The number of aromatic nitrogens is 3. The molecule has 3 heterocycles. The number of benzene rings is 2. The summed E-state index contributed by atoms with van der Waals surface area (Å²) in [5.74, 6) is 2.30. The second-order valence-corrected chi connectivity index (χ2v) is 9.47. The van der Waals surface area contributed by atoms with E-state index >= 15 is 0 Å². The predicted molar refractivity (Wildman–Crippen MR) is 131 cm³/mol. The smallest absolute Gasteiger partial charge is 0.287 e. The van der Waals surface area contributed by atoms with Crippen LogP contribution in [0, 0.1) is 5.92 Å². The van der Waals surface area contributed by atoms with Crippen LogP contribution in [0.3, 0.4) is 0 Å². The molecule has 1 N–H and O–H groups in total. The lowest BCUT2D eigenvalue weighted by atomic mass is 10.0. The van der Waals surface area contributed by atoms with Crippen molar-refractivity contribution in [3.8, 4) is 0 Å². The van der Waals surface area contributed by atoms with Crippen LogP contribution < -0.4 is 5.32 Å². The van der Waals surface area contributed by atoms with E-state index in [1.807, 2.05) is 0 Å². The molecular formula is C27H31N5O2. The summed E-state index contributed by atoms with van der Waals surface area (Å²) in [6, 6.07) is 18.4. The number of hydrogen-bond acceptors (Lipinski definition) is 5. The Morgan fingerprint density at radius 2 is 1.88 bits per heavy atom. The molecule has 0 radical (unpaired) electrons. The van der Waals surface area contributed by atoms with Crippen molar-refractivity contribution in [3.63, 3.8) is 0 Å². The van der Waals surface area contributed by atoms with Gasteiger partial charge in [-0.3, -0.25) is 9.69 Å². The number of carbonyl (C=O) groups excluding carboxylic acids is 1. The molecule has 1 aliphatic heterocycles. The average Bonchev–Trinajstić information content (AvgIpc) is 3.47. The Hall–Kier alpha value is -3.45. The Bertz CT molecular complexity index is 1260. The van der Waals surface area contributed by atoms with Gasteiger partial charge in [-0.2, -0.15) is 0 Å². The number of fused-ring (bicyclic) bond motifs is 2. The van der Waals surface area contributed by atoms with Crippen LogP contribution in [0.5, 0.6) is 0 Å². The van der Waals surface area contributed by atoms with Crippen molar-refractivity contribution in [2.45, 2.75) is 45.8 Å². The van der Waals surface area contributed by atoms with Crippen LogP contribution in [0.15, 0.2) is 65.3 Å². The van der Waals surface area contributed by atoms with Gasteiger partial charge in [-0.15, -0.1) is 10.2 Å². The summed E-state index contributed by atoms with van der Waals surface area (Å²) in [6.07, 6.45) is 3.13. The van der Waals surface area contributed by atoms with Crippen LogP contribution in [0.2, 0.25) is 0 Å². The second-order valence-electron chi connectivity index (χ2n) is 9.47. The Labute approximate surface area is 199 Å². The van der Waals surface area contributed by atoms with Crippen LogP contribution in [0.25, 0.3) is 10.8 Å². The first-order chi connectivity index (χ1) is 16.6. The van der Waals surface area contributed by atoms with E-state index in [2.05, 4.69) is 81.3 Å². The van der Waals surface area contributed by atoms with Crippen molar-refractivity contribution in [3.05, 3.63) is 83.8 Å². The van der Waals surface area contributed by atoms with Gasteiger partial charge < -0.3 is 14.3 Å². The molecule has 0 fully saturated rings. The molecule has 176 valence electrons. The number of nitrogens with one attached hydrogen (secondary N) is 1. The summed E-state index contributed by atoms with van der Waals surface area (Å²) in [7, 11) is 0. The average molecular weight is 458 g/mol. The van der Waals surface area contributed by atoms with Gasteiger partial charge in [0.05, 0.1) is 12.3 Å². The van der Waals surface area contributed by atoms with Crippen molar-refractivity contribution in [1.29, 1.82) is 0 Å². The van der Waals surface area contributed by atoms with Crippen molar-refractivity contribution in [2.24, 2.45) is 5.92 Å². The van der Waals surface area contributed by atoms with E-state index in [-0.39, 0.29) is 11.9 Å². The number of hydrogen-bond donors (Lipinski definition) is 1. The molecule has 1 amide bonds. The van der Waals surface area contributed by atoms with Crippen LogP contribution in [0.4, 0.5) is 0 Å². The van der Waals surface area contributed by atoms with Crippen LogP contribution in [0.1, 0.15) is 54.1 Å². The van der Waals surface area contributed by atoms with E-state index < -0.39 is 0 Å². The lowest BCUT2D eigenvalue weighted by Crippen LogP contribution is -2.32. The number of rotatable bonds is 7. The molecule has 0 spiro atoms. The quantitative estimate of drug-likeness (QED) is 0.439. The minimum atomic E-state index is -0.223. The largest absolute Gasteiger partial charge is 0.459 e. The van der Waals surface area contributed by atoms with Gasteiger partial charge in [-0.05, 0) is 46.9 Å². The highest BCUT2D eigenvalue weighted by molar-refractivity contribution is 5.91. The van der Waals surface area contributed by atoms with Crippen molar-refractivity contribution < 1.29 is 9.21 Å². The molecule has 0 bridgehead atoms. The molecule has 0 unspecified atom stereocenters. The van der Waals surface area contributed by atoms with Gasteiger partial charge >= 0.3 is 0 Å². The Kier molecular flexibility index (Phi) is 6.45. The first-order valence-electron chi connectivity index (χ1n) is 12.0. The zero-order valence-electron chi connectivity index (χ0n) is 19.8. The van der Waals surface area contributed by atoms with Gasteiger partial charge in [0.25, 0.3) is 5.91 Å². The van der Waals surface area contributed by atoms with Gasteiger partial charge in [0.1, 0.15) is 5.82 Å². The Morgan fingerprint density at radius 3 is 2.68 bits per heavy atom. The number of amides is 1.